The molecule has 0 fully saturated rings. The van der Waals surface area contributed by atoms with Crippen molar-refractivity contribution in [2.45, 2.75) is 6.54 Å². The number of hydrogen-bond acceptors (Lipinski definition) is 3. The zero-order chi connectivity index (χ0) is 13.1. The molecule has 0 saturated carbocycles. The van der Waals surface area contributed by atoms with Crippen LogP contribution in [0.4, 0.5) is 5.69 Å². The van der Waals surface area contributed by atoms with E-state index in [9.17, 15) is 10.2 Å². The summed E-state index contributed by atoms with van der Waals surface area (Å²) in [6.07, 6.45) is 0. The van der Waals surface area contributed by atoms with Crippen LogP contribution in [-0.4, -0.2) is 10.2 Å². The fourth-order valence-corrected chi connectivity index (χ4v) is 2.85. The average Bonchev–Trinajstić information content (AvgIpc) is 2.33. The van der Waals surface area contributed by atoms with Crippen LogP contribution in [0.2, 0.25) is 0 Å². The van der Waals surface area contributed by atoms with E-state index in [1.807, 2.05) is 18.2 Å². The van der Waals surface area contributed by atoms with E-state index in [1.165, 1.54) is 6.07 Å². The quantitative estimate of drug-likeness (QED) is 0.706. The van der Waals surface area contributed by atoms with Crippen LogP contribution in [0.5, 0.6) is 11.5 Å². The van der Waals surface area contributed by atoms with Crippen molar-refractivity contribution in [2.24, 2.45) is 0 Å². The van der Waals surface area contributed by atoms with Crippen molar-refractivity contribution < 1.29 is 10.2 Å². The minimum atomic E-state index is -0.111. The molecule has 0 aliphatic carbocycles. The number of hydrogen-bond donors (Lipinski definition) is 3. The van der Waals surface area contributed by atoms with Gasteiger partial charge in [-0.15, -0.1) is 0 Å². The van der Waals surface area contributed by atoms with Gasteiger partial charge in [0.1, 0.15) is 0 Å². The predicted molar refractivity (Wildman–Crippen MR) is 78.9 cm³/mol. The van der Waals surface area contributed by atoms with Gasteiger partial charge in [0.25, 0.3) is 0 Å². The zero-order valence-corrected chi connectivity index (χ0v) is 12.5. The summed E-state index contributed by atoms with van der Waals surface area (Å²) >= 11 is 6.90. The highest BCUT2D eigenvalue weighted by Gasteiger charge is 2.08. The van der Waals surface area contributed by atoms with Gasteiger partial charge < -0.3 is 15.5 Å². The van der Waals surface area contributed by atoms with E-state index >= 15 is 0 Å². The van der Waals surface area contributed by atoms with Gasteiger partial charge in [-0.1, -0.05) is 18.2 Å². The molecule has 0 aromatic heterocycles. The number of phenolic OH excluding ortho intramolecular Hbond substituents is 2. The lowest BCUT2D eigenvalue weighted by atomic mass is 10.2. The smallest absolute Gasteiger partial charge is 0.162 e. The van der Waals surface area contributed by atoms with Crippen LogP contribution in [0.25, 0.3) is 0 Å². The van der Waals surface area contributed by atoms with Crippen LogP contribution in [0, 0.1) is 0 Å². The van der Waals surface area contributed by atoms with Crippen molar-refractivity contribution in [1.29, 1.82) is 0 Å². The number of rotatable bonds is 3. The monoisotopic (exact) mass is 371 g/mol. The van der Waals surface area contributed by atoms with Gasteiger partial charge in [0.15, 0.2) is 11.5 Å². The third kappa shape index (κ3) is 2.79. The predicted octanol–water partition coefficient (Wildman–Crippen LogP) is 4.23. The molecule has 0 radical (unpaired) electrons. The normalized spacial score (nSPS) is 10.3. The summed E-state index contributed by atoms with van der Waals surface area (Å²) in [5.74, 6) is -0.200. The molecule has 18 heavy (non-hydrogen) atoms. The standard InChI is InChI=1S/C13H11Br2NO2/c14-9-4-2-5-10(15)12(9)16-7-8-3-1-6-11(17)13(8)18/h1-6,16-18H,7H2. The largest absolute Gasteiger partial charge is 0.504 e. The SMILES string of the molecule is Oc1cccc(CNc2c(Br)cccc2Br)c1O. The van der Waals surface area contributed by atoms with Gasteiger partial charge in [-0.3, -0.25) is 0 Å². The van der Waals surface area contributed by atoms with Gasteiger partial charge in [-0.25, -0.2) is 0 Å². The molecule has 5 heteroatoms. The van der Waals surface area contributed by atoms with Crippen molar-refractivity contribution >= 4 is 37.5 Å². The zero-order valence-electron chi connectivity index (χ0n) is 9.32. The Kier molecular flexibility index (Phi) is 4.14. The summed E-state index contributed by atoms with van der Waals surface area (Å²) in [6, 6.07) is 10.7. The molecule has 2 aromatic carbocycles. The molecule has 3 nitrogen and oxygen atoms in total. The summed E-state index contributed by atoms with van der Waals surface area (Å²) in [6.45, 7) is 0.418. The van der Waals surface area contributed by atoms with Crippen molar-refractivity contribution in [3.63, 3.8) is 0 Å². The molecule has 0 aliphatic heterocycles. The van der Waals surface area contributed by atoms with Gasteiger partial charge in [0, 0.05) is 21.1 Å². The van der Waals surface area contributed by atoms with E-state index in [0.717, 1.165) is 14.6 Å². The molecule has 0 bridgehead atoms. The van der Waals surface area contributed by atoms with Gasteiger partial charge >= 0.3 is 0 Å². The van der Waals surface area contributed by atoms with Crippen molar-refractivity contribution in [2.75, 3.05) is 5.32 Å². The second kappa shape index (κ2) is 5.63. The summed E-state index contributed by atoms with van der Waals surface area (Å²) < 4.78 is 1.85. The molecule has 3 N–H and O–H groups in total. The number of nitrogens with one attached hydrogen (secondary N) is 1. The molecule has 0 saturated heterocycles. The van der Waals surface area contributed by atoms with E-state index in [0.29, 0.717) is 12.1 Å². The molecule has 0 unspecified atom stereocenters. The van der Waals surface area contributed by atoms with E-state index < -0.39 is 0 Å². The van der Waals surface area contributed by atoms with Crippen molar-refractivity contribution in [1.82, 2.24) is 0 Å². The lowest BCUT2D eigenvalue weighted by molar-refractivity contribution is 0.400. The average molecular weight is 373 g/mol. The van der Waals surface area contributed by atoms with E-state index in [2.05, 4.69) is 37.2 Å². The highest BCUT2D eigenvalue weighted by atomic mass is 79.9. The molecule has 2 aromatic rings. The maximum Gasteiger partial charge on any atom is 0.162 e. The van der Waals surface area contributed by atoms with Crippen molar-refractivity contribution in [3.8, 4) is 11.5 Å². The van der Waals surface area contributed by atoms with Gasteiger partial charge in [-0.2, -0.15) is 0 Å². The first-order chi connectivity index (χ1) is 8.59. The first kappa shape index (κ1) is 13.2. The summed E-state index contributed by atoms with van der Waals surface area (Å²) in [5.41, 5.74) is 1.54. The highest BCUT2D eigenvalue weighted by molar-refractivity contribution is 9.11. The fraction of sp³-hybridized carbons (Fsp3) is 0.0769. The molecule has 2 rings (SSSR count). The number of benzene rings is 2. The molecular weight excluding hydrogens is 362 g/mol. The lowest BCUT2D eigenvalue weighted by Gasteiger charge is -2.12. The van der Waals surface area contributed by atoms with E-state index in [1.54, 1.807) is 12.1 Å². The molecule has 94 valence electrons. The van der Waals surface area contributed by atoms with Crippen LogP contribution in [0.1, 0.15) is 5.56 Å². The van der Waals surface area contributed by atoms with Crippen LogP contribution in [-0.2, 0) is 6.54 Å². The Balaban J connectivity index is 2.19. The second-order valence-electron chi connectivity index (χ2n) is 3.74. The summed E-state index contributed by atoms with van der Waals surface area (Å²) in [5, 5.41) is 22.3. The first-order valence-electron chi connectivity index (χ1n) is 5.27. The van der Waals surface area contributed by atoms with Crippen LogP contribution in [0.3, 0.4) is 0 Å². The fourth-order valence-electron chi connectivity index (χ4n) is 1.57. The maximum absolute atomic E-state index is 9.70. The minimum absolute atomic E-state index is 0.0897. The van der Waals surface area contributed by atoms with Crippen molar-refractivity contribution in [3.05, 3.63) is 50.9 Å². The van der Waals surface area contributed by atoms with Gasteiger partial charge in [0.05, 0.1) is 5.69 Å². The van der Waals surface area contributed by atoms with E-state index in [-0.39, 0.29) is 11.5 Å². The van der Waals surface area contributed by atoms with Gasteiger partial charge in [0.2, 0.25) is 0 Å². The number of aromatic hydroxyl groups is 2. The molecule has 0 amide bonds. The number of anilines is 1. The molecular formula is C13H11Br2NO2. The lowest BCUT2D eigenvalue weighted by Crippen LogP contribution is -2.01. The molecule has 0 heterocycles. The summed E-state index contributed by atoms with van der Waals surface area (Å²) in [4.78, 5) is 0. The minimum Gasteiger partial charge on any atom is -0.504 e. The Morgan fingerprint density at radius 3 is 2.22 bits per heavy atom. The summed E-state index contributed by atoms with van der Waals surface area (Å²) in [7, 11) is 0. The Labute approximate surface area is 122 Å². The van der Waals surface area contributed by atoms with E-state index in [4.69, 9.17) is 0 Å². The third-order valence-corrected chi connectivity index (χ3v) is 3.84. The van der Waals surface area contributed by atoms with Crippen LogP contribution in [0.15, 0.2) is 45.3 Å². The molecule has 0 aliphatic rings. The Morgan fingerprint density at radius 1 is 0.944 bits per heavy atom. The topological polar surface area (TPSA) is 52.5 Å². The molecule has 0 spiro atoms. The number of phenols is 2. The highest BCUT2D eigenvalue weighted by Crippen LogP contribution is 2.33. The Bertz CT molecular complexity index is 553. The van der Waals surface area contributed by atoms with Crippen LogP contribution < -0.4 is 5.32 Å². The Hall–Kier alpha value is -1.20. The number of halogens is 2. The third-order valence-electron chi connectivity index (χ3n) is 2.52. The number of para-hydroxylation sites is 2. The molecule has 0 atom stereocenters. The first-order valence-corrected chi connectivity index (χ1v) is 6.86. The van der Waals surface area contributed by atoms with Gasteiger partial charge in [-0.05, 0) is 50.1 Å². The Morgan fingerprint density at radius 2 is 1.56 bits per heavy atom. The van der Waals surface area contributed by atoms with Crippen LogP contribution >= 0.6 is 31.9 Å². The maximum atomic E-state index is 9.70. The second-order valence-corrected chi connectivity index (χ2v) is 5.44.